The van der Waals surface area contributed by atoms with Crippen LogP contribution >= 0.6 is 0 Å². The lowest BCUT2D eigenvalue weighted by atomic mass is 9.80. The Labute approximate surface area is 213 Å². The number of carboxylic acids is 1. The fourth-order valence-electron chi connectivity index (χ4n) is 3.80. The van der Waals surface area contributed by atoms with Crippen LogP contribution in [-0.2, 0) is 22.5 Å². The van der Waals surface area contributed by atoms with Gasteiger partial charge in [0.15, 0.2) is 0 Å². The molecule has 196 valence electrons. The molecule has 0 aliphatic carbocycles. The average Bonchev–Trinajstić information content (AvgIpc) is 2.86. The Morgan fingerprint density at radius 2 is 1.91 bits per heavy atom. The number of benzene rings is 1. The van der Waals surface area contributed by atoms with E-state index in [4.69, 9.17) is 9.84 Å². The minimum Gasteiger partial charge on any atom is -0.481 e. The summed E-state index contributed by atoms with van der Waals surface area (Å²) in [6, 6.07) is 8.65. The lowest BCUT2D eigenvalue weighted by molar-refractivity contribution is -0.138. The van der Waals surface area contributed by atoms with Crippen molar-refractivity contribution in [2.45, 2.75) is 66.3 Å². The summed E-state index contributed by atoms with van der Waals surface area (Å²) in [6.07, 6.45) is 14.2. The SMILES string of the molecule is CC.CCCN/C=C/C=C\C=NCC1(C)CCN(Cc2cccc(CCOCCC(=O)O)c2)CC1. The molecular formula is C29H47N3O3. The third-order valence-corrected chi connectivity index (χ3v) is 5.95. The number of hydrogen-bond donors (Lipinski definition) is 2. The van der Waals surface area contributed by atoms with Gasteiger partial charge in [-0.3, -0.25) is 14.7 Å². The number of carbonyl (C=O) groups is 1. The standard InChI is InChI=1S/C27H41N3O3.C2H6/c1-3-14-28-15-5-4-6-16-29-23-27(2)12-17-30(18-13-27)22-25-9-7-8-24(21-25)10-19-33-20-11-26(31)32;1-2/h4-9,15-16,21,28H,3,10-14,17-20,22-23H2,1-2H3,(H,31,32);1-2H3/b6-4-,15-5+,29-16?;. The molecule has 1 fully saturated rings. The highest BCUT2D eigenvalue weighted by Crippen LogP contribution is 2.31. The molecule has 0 unspecified atom stereocenters. The number of piperidine rings is 1. The van der Waals surface area contributed by atoms with E-state index in [1.807, 2.05) is 44.5 Å². The van der Waals surface area contributed by atoms with Crippen LogP contribution in [0.1, 0.15) is 64.5 Å². The number of nitrogens with zero attached hydrogens (tertiary/aromatic N) is 2. The Morgan fingerprint density at radius 1 is 1.17 bits per heavy atom. The molecular weight excluding hydrogens is 438 g/mol. The van der Waals surface area contributed by atoms with Crippen molar-refractivity contribution in [3.63, 3.8) is 0 Å². The van der Waals surface area contributed by atoms with Crippen LogP contribution in [-0.4, -0.2) is 61.6 Å². The Balaban J connectivity index is 0.00000298. The molecule has 0 saturated carbocycles. The number of rotatable bonds is 15. The van der Waals surface area contributed by atoms with Crippen LogP contribution < -0.4 is 5.32 Å². The monoisotopic (exact) mass is 485 g/mol. The average molecular weight is 486 g/mol. The molecule has 0 atom stereocenters. The third-order valence-electron chi connectivity index (χ3n) is 5.95. The quantitative estimate of drug-likeness (QED) is 0.195. The van der Waals surface area contributed by atoms with Gasteiger partial charge in [-0.2, -0.15) is 0 Å². The highest BCUT2D eigenvalue weighted by molar-refractivity contribution is 5.71. The van der Waals surface area contributed by atoms with Gasteiger partial charge in [0.05, 0.1) is 19.6 Å². The lowest BCUT2D eigenvalue weighted by Gasteiger charge is -2.38. The van der Waals surface area contributed by atoms with Crippen molar-refractivity contribution < 1.29 is 14.6 Å². The van der Waals surface area contributed by atoms with Gasteiger partial charge in [0.2, 0.25) is 0 Å². The molecule has 0 spiro atoms. The second kappa shape index (κ2) is 18.8. The number of allylic oxidation sites excluding steroid dienone is 3. The van der Waals surface area contributed by atoms with E-state index in [0.717, 1.165) is 58.4 Å². The maximum Gasteiger partial charge on any atom is 0.305 e. The fraction of sp³-hybridized carbons (Fsp3) is 0.586. The summed E-state index contributed by atoms with van der Waals surface area (Å²) < 4.78 is 5.42. The van der Waals surface area contributed by atoms with E-state index in [2.05, 4.69) is 53.3 Å². The van der Waals surface area contributed by atoms with Crippen LogP contribution in [0.15, 0.2) is 53.7 Å². The lowest BCUT2D eigenvalue weighted by Crippen LogP contribution is -2.39. The largest absolute Gasteiger partial charge is 0.481 e. The Bertz CT molecular complexity index is 781. The summed E-state index contributed by atoms with van der Waals surface area (Å²) >= 11 is 0. The van der Waals surface area contributed by atoms with E-state index in [9.17, 15) is 4.79 Å². The molecule has 1 aromatic carbocycles. The molecule has 1 heterocycles. The molecule has 35 heavy (non-hydrogen) atoms. The second-order valence-corrected chi connectivity index (χ2v) is 9.10. The van der Waals surface area contributed by atoms with E-state index in [1.54, 1.807) is 0 Å². The zero-order valence-corrected chi connectivity index (χ0v) is 22.3. The molecule has 2 N–H and O–H groups in total. The van der Waals surface area contributed by atoms with Crippen LogP contribution in [0.25, 0.3) is 0 Å². The van der Waals surface area contributed by atoms with Gasteiger partial charge in [-0.25, -0.2) is 0 Å². The molecule has 6 heteroatoms. The van der Waals surface area contributed by atoms with Gasteiger partial charge in [-0.05, 0) is 73.7 Å². The maximum atomic E-state index is 10.5. The smallest absolute Gasteiger partial charge is 0.305 e. The molecule has 0 amide bonds. The number of ether oxygens (including phenoxy) is 1. The van der Waals surface area contributed by atoms with Crippen LogP contribution in [0.2, 0.25) is 0 Å². The molecule has 1 saturated heterocycles. The number of nitrogens with one attached hydrogen (secondary N) is 1. The zero-order chi connectivity index (χ0) is 25.8. The molecule has 1 aliphatic rings. The maximum absolute atomic E-state index is 10.5. The second-order valence-electron chi connectivity index (χ2n) is 9.10. The Kier molecular flexibility index (Phi) is 16.5. The predicted octanol–water partition coefficient (Wildman–Crippen LogP) is 5.49. The van der Waals surface area contributed by atoms with E-state index in [-0.39, 0.29) is 18.4 Å². The van der Waals surface area contributed by atoms with Gasteiger partial charge in [0.1, 0.15) is 0 Å². The minimum atomic E-state index is -0.818. The van der Waals surface area contributed by atoms with Crippen LogP contribution in [0.3, 0.4) is 0 Å². The summed E-state index contributed by atoms with van der Waals surface area (Å²) in [5.41, 5.74) is 2.84. The van der Waals surface area contributed by atoms with Gasteiger partial charge >= 0.3 is 5.97 Å². The molecule has 6 nitrogen and oxygen atoms in total. The summed E-state index contributed by atoms with van der Waals surface area (Å²) in [7, 11) is 0. The normalized spacial score (nSPS) is 16.0. The van der Waals surface area contributed by atoms with Crippen molar-refractivity contribution >= 4 is 12.2 Å². The van der Waals surface area contributed by atoms with Crippen molar-refractivity contribution in [2.24, 2.45) is 10.4 Å². The summed E-state index contributed by atoms with van der Waals surface area (Å²) in [5, 5.41) is 11.9. The third kappa shape index (κ3) is 14.5. The van der Waals surface area contributed by atoms with Gasteiger partial charge in [-0.1, -0.05) is 58.0 Å². The first-order valence-electron chi connectivity index (χ1n) is 13.2. The zero-order valence-electron chi connectivity index (χ0n) is 22.3. The summed E-state index contributed by atoms with van der Waals surface area (Å²) in [5.74, 6) is -0.818. The van der Waals surface area contributed by atoms with Crippen molar-refractivity contribution in [2.75, 3.05) is 39.4 Å². The first kappa shape index (κ1) is 30.6. The number of aliphatic imine (C=N–C) groups is 1. The van der Waals surface area contributed by atoms with Gasteiger partial charge < -0.3 is 15.2 Å². The summed E-state index contributed by atoms with van der Waals surface area (Å²) in [4.78, 5) is 17.7. The Hall–Kier alpha value is -2.44. The van der Waals surface area contributed by atoms with Crippen LogP contribution in [0.5, 0.6) is 0 Å². The molecule has 0 aromatic heterocycles. The van der Waals surface area contributed by atoms with Crippen molar-refractivity contribution in [1.82, 2.24) is 10.2 Å². The first-order valence-corrected chi connectivity index (χ1v) is 13.2. The molecule has 2 rings (SSSR count). The highest BCUT2D eigenvalue weighted by atomic mass is 16.5. The predicted molar refractivity (Wildman–Crippen MR) is 147 cm³/mol. The van der Waals surface area contributed by atoms with Crippen molar-refractivity contribution in [3.8, 4) is 0 Å². The van der Waals surface area contributed by atoms with Gasteiger partial charge in [-0.15, -0.1) is 0 Å². The topological polar surface area (TPSA) is 74.2 Å². The highest BCUT2D eigenvalue weighted by Gasteiger charge is 2.29. The van der Waals surface area contributed by atoms with Crippen molar-refractivity contribution in [1.29, 1.82) is 0 Å². The first-order chi connectivity index (χ1) is 17.0. The van der Waals surface area contributed by atoms with Gasteiger partial charge in [0, 0.05) is 25.8 Å². The van der Waals surface area contributed by atoms with E-state index in [1.165, 1.54) is 11.1 Å². The van der Waals surface area contributed by atoms with Crippen LogP contribution in [0, 0.1) is 5.41 Å². The molecule has 1 aliphatic heterocycles. The number of aliphatic carboxylic acids is 1. The number of hydrogen-bond acceptors (Lipinski definition) is 5. The molecule has 1 aromatic rings. The molecule has 0 radical (unpaired) electrons. The van der Waals surface area contributed by atoms with Gasteiger partial charge in [0.25, 0.3) is 0 Å². The number of likely N-dealkylation sites (tertiary alicyclic amines) is 1. The van der Waals surface area contributed by atoms with Crippen LogP contribution in [0.4, 0.5) is 0 Å². The van der Waals surface area contributed by atoms with Crippen molar-refractivity contribution in [3.05, 3.63) is 59.8 Å². The van der Waals surface area contributed by atoms with E-state index >= 15 is 0 Å². The summed E-state index contributed by atoms with van der Waals surface area (Å²) in [6.45, 7) is 14.4. The number of carboxylic acid groups (broad SMARTS) is 1. The minimum absolute atomic E-state index is 0.0596. The van der Waals surface area contributed by atoms with E-state index in [0.29, 0.717) is 6.61 Å². The molecule has 0 bridgehead atoms. The van der Waals surface area contributed by atoms with E-state index < -0.39 is 5.97 Å². The fourth-order valence-corrected chi connectivity index (χ4v) is 3.80. The Morgan fingerprint density at radius 3 is 2.63 bits per heavy atom.